The maximum absolute atomic E-state index is 11.5. The molecule has 0 spiro atoms. The molecule has 0 aliphatic heterocycles. The summed E-state index contributed by atoms with van der Waals surface area (Å²) in [7, 11) is -3.09. The van der Waals surface area contributed by atoms with E-state index < -0.39 is 9.84 Å². The molecule has 1 heterocycles. The van der Waals surface area contributed by atoms with Crippen LogP contribution < -0.4 is 0 Å². The Morgan fingerprint density at radius 3 is 2.35 bits per heavy atom. The normalized spacial score (nSPS) is 12.4. The second-order valence-corrected chi connectivity index (χ2v) is 8.26. The Bertz CT molecular complexity index is 545. The third-order valence-corrected chi connectivity index (χ3v) is 5.00. The van der Waals surface area contributed by atoms with Crippen molar-refractivity contribution in [3.63, 3.8) is 0 Å². The summed E-state index contributed by atoms with van der Waals surface area (Å²) in [6, 6.07) is 2.09. The summed E-state index contributed by atoms with van der Waals surface area (Å²) >= 11 is 1.18. The van der Waals surface area contributed by atoms with Crippen molar-refractivity contribution in [3.05, 3.63) is 15.6 Å². The smallest absolute Gasteiger partial charge is 0.156 e. The Hall–Kier alpha value is -0.930. The first-order valence-corrected chi connectivity index (χ1v) is 7.94. The van der Waals surface area contributed by atoms with Crippen molar-refractivity contribution >= 4 is 21.2 Å². The highest BCUT2D eigenvalue weighted by Gasteiger charge is 2.24. The Labute approximate surface area is 106 Å². The van der Waals surface area contributed by atoms with E-state index in [1.807, 2.05) is 20.8 Å². The van der Waals surface area contributed by atoms with Gasteiger partial charge in [-0.3, -0.25) is 0 Å². The van der Waals surface area contributed by atoms with Crippen LogP contribution in [0.5, 0.6) is 0 Å². The zero-order valence-electron chi connectivity index (χ0n) is 10.4. The molecule has 0 aliphatic rings. The molecule has 0 radical (unpaired) electrons. The van der Waals surface area contributed by atoms with E-state index in [1.165, 1.54) is 11.3 Å². The fraction of sp³-hybridized carbons (Fsp3) is 0.636. The van der Waals surface area contributed by atoms with Crippen LogP contribution in [0.3, 0.4) is 0 Å². The summed E-state index contributed by atoms with van der Waals surface area (Å²) < 4.78 is 23.0. The van der Waals surface area contributed by atoms with Crippen LogP contribution >= 0.6 is 11.3 Å². The summed E-state index contributed by atoms with van der Waals surface area (Å²) in [5, 5.41) is 9.53. The molecule has 0 bridgehead atoms. The third kappa shape index (κ3) is 3.51. The topological polar surface area (TPSA) is 70.8 Å². The van der Waals surface area contributed by atoms with Gasteiger partial charge in [0.05, 0.1) is 5.69 Å². The van der Waals surface area contributed by atoms with Gasteiger partial charge < -0.3 is 0 Å². The van der Waals surface area contributed by atoms with Crippen molar-refractivity contribution in [2.75, 3.05) is 5.75 Å². The highest BCUT2D eigenvalue weighted by Crippen LogP contribution is 2.29. The summed E-state index contributed by atoms with van der Waals surface area (Å²) in [6.45, 7) is 7.49. The van der Waals surface area contributed by atoms with Crippen molar-refractivity contribution in [1.29, 1.82) is 5.26 Å². The number of aromatic nitrogens is 1. The molecule has 0 fully saturated rings. The molecule has 0 atom stereocenters. The SMILES string of the molecule is CCS(=O)(=O)Cc1nc(C(C)(C)C)c(C#N)s1. The second kappa shape index (κ2) is 4.75. The standard InChI is InChI=1S/C11H16N2O2S2/c1-5-17(14,15)7-9-13-10(11(2,3)4)8(6-12)16-9/h5,7H2,1-4H3. The second-order valence-electron chi connectivity index (χ2n) is 4.82. The van der Waals surface area contributed by atoms with Gasteiger partial charge in [0.15, 0.2) is 9.84 Å². The maximum atomic E-state index is 11.5. The molecule has 0 N–H and O–H groups in total. The molecule has 1 rings (SSSR count). The first-order valence-electron chi connectivity index (χ1n) is 5.30. The summed E-state index contributed by atoms with van der Waals surface area (Å²) in [4.78, 5) is 4.82. The Morgan fingerprint density at radius 1 is 1.41 bits per heavy atom. The number of nitrogens with zero attached hydrogens (tertiary/aromatic N) is 2. The number of rotatable bonds is 3. The van der Waals surface area contributed by atoms with E-state index in [1.54, 1.807) is 6.92 Å². The Kier molecular flexibility index (Phi) is 3.95. The fourth-order valence-corrected chi connectivity index (χ4v) is 3.59. The molecule has 0 saturated carbocycles. The third-order valence-electron chi connectivity index (χ3n) is 2.27. The van der Waals surface area contributed by atoms with Crippen LogP contribution in [0.2, 0.25) is 0 Å². The van der Waals surface area contributed by atoms with Gasteiger partial charge in [-0.15, -0.1) is 11.3 Å². The first kappa shape index (κ1) is 14.1. The van der Waals surface area contributed by atoms with E-state index in [0.717, 1.165) is 0 Å². The predicted octanol–water partition coefficient (Wildman–Crippen LogP) is 2.25. The monoisotopic (exact) mass is 272 g/mol. The number of nitriles is 1. The lowest BCUT2D eigenvalue weighted by molar-refractivity contribution is 0.569. The molecule has 0 unspecified atom stereocenters. The van der Waals surface area contributed by atoms with Gasteiger partial charge in [-0.1, -0.05) is 27.7 Å². The molecule has 0 aliphatic carbocycles. The molecule has 17 heavy (non-hydrogen) atoms. The van der Waals surface area contributed by atoms with Gasteiger partial charge in [-0.05, 0) is 0 Å². The lowest BCUT2D eigenvalue weighted by atomic mass is 9.91. The van der Waals surface area contributed by atoms with Gasteiger partial charge in [0.25, 0.3) is 0 Å². The van der Waals surface area contributed by atoms with Gasteiger partial charge in [-0.2, -0.15) is 5.26 Å². The lowest BCUT2D eigenvalue weighted by Crippen LogP contribution is -2.14. The number of hydrogen-bond donors (Lipinski definition) is 0. The van der Waals surface area contributed by atoms with Crippen LogP contribution in [0.25, 0.3) is 0 Å². The molecule has 1 aromatic rings. The average molecular weight is 272 g/mol. The van der Waals surface area contributed by atoms with Crippen LogP contribution in [-0.2, 0) is 21.0 Å². The van der Waals surface area contributed by atoms with Crippen LogP contribution in [0, 0.1) is 11.3 Å². The summed E-state index contributed by atoms with van der Waals surface area (Å²) in [5.41, 5.74) is 0.446. The van der Waals surface area contributed by atoms with Gasteiger partial charge in [-0.25, -0.2) is 13.4 Å². The van der Waals surface area contributed by atoms with Gasteiger partial charge >= 0.3 is 0 Å². The zero-order chi connectivity index (χ0) is 13.3. The van der Waals surface area contributed by atoms with Gasteiger partial charge in [0, 0.05) is 11.2 Å². The molecule has 0 saturated heterocycles. The zero-order valence-corrected chi connectivity index (χ0v) is 12.1. The Morgan fingerprint density at radius 2 is 2.00 bits per heavy atom. The van der Waals surface area contributed by atoms with Gasteiger partial charge in [0.1, 0.15) is 21.7 Å². The predicted molar refractivity (Wildman–Crippen MR) is 68.7 cm³/mol. The fourth-order valence-electron chi connectivity index (χ4n) is 1.30. The van der Waals surface area contributed by atoms with Crippen LogP contribution in [0.1, 0.15) is 43.3 Å². The minimum absolute atomic E-state index is 0.0705. The molecule has 6 heteroatoms. The summed E-state index contributed by atoms with van der Waals surface area (Å²) in [6.07, 6.45) is 0. The first-order chi connectivity index (χ1) is 7.69. The van der Waals surface area contributed by atoms with Crippen LogP contribution in [0.4, 0.5) is 0 Å². The maximum Gasteiger partial charge on any atom is 0.156 e. The molecule has 0 amide bonds. The van der Waals surface area contributed by atoms with E-state index in [-0.39, 0.29) is 16.9 Å². The van der Waals surface area contributed by atoms with Crippen molar-refractivity contribution < 1.29 is 8.42 Å². The number of hydrogen-bond acceptors (Lipinski definition) is 5. The molecule has 0 aromatic carbocycles. The van der Waals surface area contributed by atoms with E-state index in [2.05, 4.69) is 11.1 Å². The van der Waals surface area contributed by atoms with E-state index in [0.29, 0.717) is 15.6 Å². The number of sulfone groups is 1. The average Bonchev–Trinajstić information content (AvgIpc) is 2.60. The van der Waals surface area contributed by atoms with E-state index >= 15 is 0 Å². The van der Waals surface area contributed by atoms with Crippen molar-refractivity contribution in [1.82, 2.24) is 4.98 Å². The minimum Gasteiger partial charge on any atom is -0.243 e. The molecule has 4 nitrogen and oxygen atoms in total. The highest BCUT2D eigenvalue weighted by molar-refractivity contribution is 7.90. The highest BCUT2D eigenvalue weighted by atomic mass is 32.2. The minimum atomic E-state index is -3.09. The van der Waals surface area contributed by atoms with Crippen LogP contribution in [0.15, 0.2) is 0 Å². The van der Waals surface area contributed by atoms with E-state index in [9.17, 15) is 8.42 Å². The molecular formula is C11H16N2O2S2. The quantitative estimate of drug-likeness (QED) is 0.846. The van der Waals surface area contributed by atoms with Crippen molar-refractivity contribution in [2.24, 2.45) is 0 Å². The van der Waals surface area contributed by atoms with Crippen LogP contribution in [-0.4, -0.2) is 19.2 Å². The van der Waals surface area contributed by atoms with Gasteiger partial charge in [0.2, 0.25) is 0 Å². The summed E-state index contributed by atoms with van der Waals surface area (Å²) in [5.74, 6) is 0.0260. The van der Waals surface area contributed by atoms with Crippen molar-refractivity contribution in [2.45, 2.75) is 38.9 Å². The molecule has 94 valence electrons. The molecule has 1 aromatic heterocycles. The largest absolute Gasteiger partial charge is 0.243 e. The molecular weight excluding hydrogens is 256 g/mol. The number of thiazole rings is 1. The van der Waals surface area contributed by atoms with Crippen molar-refractivity contribution in [3.8, 4) is 6.07 Å². The Balaban J connectivity index is 3.16. The van der Waals surface area contributed by atoms with E-state index in [4.69, 9.17) is 5.26 Å². The lowest BCUT2D eigenvalue weighted by Gasteiger charge is -2.15.